The number of H-pyrrole nitrogens is 1. The number of hydrogen-bond acceptors (Lipinski definition) is 4. The molecule has 0 aromatic carbocycles. The molecule has 78 valence electrons. The van der Waals surface area contributed by atoms with Crippen molar-refractivity contribution < 1.29 is 4.79 Å². The first-order chi connectivity index (χ1) is 7.31. The summed E-state index contributed by atoms with van der Waals surface area (Å²) in [6.07, 6.45) is 4.08. The van der Waals surface area contributed by atoms with E-state index >= 15 is 0 Å². The molecule has 15 heavy (non-hydrogen) atoms. The molecule has 0 aliphatic heterocycles. The van der Waals surface area contributed by atoms with Gasteiger partial charge in [0.25, 0.3) is 5.91 Å². The molecule has 1 amide bonds. The zero-order valence-electron chi connectivity index (χ0n) is 8.10. The Bertz CT molecular complexity index is 380. The molecule has 1 aromatic rings. The van der Waals surface area contributed by atoms with E-state index < -0.39 is 0 Å². The van der Waals surface area contributed by atoms with Crippen molar-refractivity contribution in [1.82, 2.24) is 20.7 Å². The number of carbonyl (C=O) groups excluding carboxylic acids is 1. The largest absolute Gasteiger partial charge is 0.347 e. The van der Waals surface area contributed by atoms with Gasteiger partial charge in [0.05, 0.1) is 18.2 Å². The third kappa shape index (κ3) is 1.96. The Morgan fingerprint density at radius 1 is 1.67 bits per heavy atom. The summed E-state index contributed by atoms with van der Waals surface area (Å²) in [6.45, 7) is 0. The van der Waals surface area contributed by atoms with Gasteiger partial charge < -0.3 is 5.32 Å². The molecule has 0 radical (unpaired) electrons. The first-order valence-corrected chi connectivity index (χ1v) is 4.87. The highest BCUT2D eigenvalue weighted by Gasteiger charge is 2.28. The van der Waals surface area contributed by atoms with E-state index in [1.54, 1.807) is 0 Å². The summed E-state index contributed by atoms with van der Waals surface area (Å²) in [5, 5.41) is 21.3. The van der Waals surface area contributed by atoms with E-state index in [9.17, 15) is 4.79 Å². The van der Waals surface area contributed by atoms with Crippen LogP contribution in [0.4, 0.5) is 0 Å². The molecule has 2 unspecified atom stereocenters. The van der Waals surface area contributed by atoms with Gasteiger partial charge in [-0.1, -0.05) is 0 Å². The molecular formula is C9H11N5O. The van der Waals surface area contributed by atoms with Crippen LogP contribution in [0.3, 0.4) is 0 Å². The quantitative estimate of drug-likeness (QED) is 0.722. The fraction of sp³-hybridized carbons (Fsp3) is 0.556. The van der Waals surface area contributed by atoms with Crippen LogP contribution in [0, 0.1) is 17.2 Å². The van der Waals surface area contributed by atoms with E-state index in [4.69, 9.17) is 5.26 Å². The summed E-state index contributed by atoms with van der Waals surface area (Å²) in [5.74, 6) is -0.336. The van der Waals surface area contributed by atoms with Gasteiger partial charge in [-0.05, 0) is 19.3 Å². The highest BCUT2D eigenvalue weighted by atomic mass is 16.2. The number of aromatic amines is 1. The van der Waals surface area contributed by atoms with E-state index in [0.717, 1.165) is 19.3 Å². The second-order valence-corrected chi connectivity index (χ2v) is 3.60. The fourth-order valence-electron chi connectivity index (χ4n) is 1.84. The van der Waals surface area contributed by atoms with Gasteiger partial charge in [0.15, 0.2) is 5.69 Å². The Labute approximate surface area is 86.7 Å². The van der Waals surface area contributed by atoms with Gasteiger partial charge in [0, 0.05) is 6.04 Å². The van der Waals surface area contributed by atoms with Crippen molar-refractivity contribution in [2.75, 3.05) is 0 Å². The molecular weight excluding hydrogens is 194 g/mol. The Morgan fingerprint density at radius 3 is 3.20 bits per heavy atom. The Morgan fingerprint density at radius 2 is 2.53 bits per heavy atom. The minimum atomic E-state index is -0.268. The van der Waals surface area contributed by atoms with Crippen LogP contribution in [0.5, 0.6) is 0 Å². The molecule has 1 aromatic heterocycles. The predicted molar refractivity (Wildman–Crippen MR) is 50.6 cm³/mol. The van der Waals surface area contributed by atoms with Gasteiger partial charge in [0.2, 0.25) is 0 Å². The molecule has 0 saturated heterocycles. The van der Waals surface area contributed by atoms with Crippen molar-refractivity contribution in [2.24, 2.45) is 5.92 Å². The Balaban J connectivity index is 1.98. The Hall–Kier alpha value is -1.90. The molecule has 1 aliphatic rings. The summed E-state index contributed by atoms with van der Waals surface area (Å²) in [5.41, 5.74) is 0.263. The van der Waals surface area contributed by atoms with Crippen molar-refractivity contribution in [3.8, 4) is 6.07 Å². The van der Waals surface area contributed by atoms with Crippen molar-refractivity contribution >= 4 is 5.91 Å². The van der Waals surface area contributed by atoms with E-state index in [1.807, 2.05) is 0 Å². The van der Waals surface area contributed by atoms with Crippen LogP contribution < -0.4 is 5.32 Å². The molecule has 1 aliphatic carbocycles. The number of nitrogens with one attached hydrogen (secondary N) is 2. The number of nitriles is 1. The molecule has 2 N–H and O–H groups in total. The summed E-state index contributed by atoms with van der Waals surface area (Å²) < 4.78 is 0. The number of rotatable bonds is 2. The Kier molecular flexibility index (Phi) is 2.63. The van der Waals surface area contributed by atoms with Crippen LogP contribution >= 0.6 is 0 Å². The van der Waals surface area contributed by atoms with Crippen molar-refractivity contribution in [2.45, 2.75) is 25.3 Å². The third-order valence-electron chi connectivity index (χ3n) is 2.65. The maximum Gasteiger partial charge on any atom is 0.273 e. The average molecular weight is 205 g/mol. The minimum absolute atomic E-state index is 0.0424. The SMILES string of the molecule is N#CC1CCCC1NC(=O)c1cn[nH]n1. The maximum absolute atomic E-state index is 11.6. The lowest BCUT2D eigenvalue weighted by Gasteiger charge is -2.13. The molecule has 1 fully saturated rings. The van der Waals surface area contributed by atoms with E-state index in [0.29, 0.717) is 0 Å². The molecule has 6 nitrogen and oxygen atoms in total. The van der Waals surface area contributed by atoms with Gasteiger partial charge in [-0.15, -0.1) is 0 Å². The smallest absolute Gasteiger partial charge is 0.273 e. The normalized spacial score (nSPS) is 24.7. The number of nitrogens with zero attached hydrogens (tertiary/aromatic N) is 3. The molecule has 2 atom stereocenters. The van der Waals surface area contributed by atoms with Gasteiger partial charge >= 0.3 is 0 Å². The predicted octanol–water partition coefficient (Wildman–Crippen LogP) is 0.227. The van der Waals surface area contributed by atoms with Crippen molar-refractivity contribution in [3.63, 3.8) is 0 Å². The first-order valence-electron chi connectivity index (χ1n) is 4.87. The highest BCUT2D eigenvalue weighted by molar-refractivity contribution is 5.92. The number of amides is 1. The van der Waals surface area contributed by atoms with E-state index in [-0.39, 0.29) is 23.6 Å². The van der Waals surface area contributed by atoms with Crippen molar-refractivity contribution in [1.29, 1.82) is 5.26 Å². The summed E-state index contributed by atoms with van der Waals surface area (Å²) in [7, 11) is 0. The lowest BCUT2D eigenvalue weighted by atomic mass is 10.1. The molecule has 1 heterocycles. The third-order valence-corrected chi connectivity index (χ3v) is 2.65. The van der Waals surface area contributed by atoms with Gasteiger partial charge in [-0.3, -0.25) is 4.79 Å². The maximum atomic E-state index is 11.6. The van der Waals surface area contributed by atoms with Gasteiger partial charge in [-0.25, -0.2) is 0 Å². The topological polar surface area (TPSA) is 94.5 Å². The number of carbonyl (C=O) groups is 1. The first kappa shape index (κ1) is 9.65. The lowest BCUT2D eigenvalue weighted by Crippen LogP contribution is -2.37. The van der Waals surface area contributed by atoms with Crippen LogP contribution in [0.2, 0.25) is 0 Å². The standard InChI is InChI=1S/C9H11N5O/c10-4-6-2-1-3-7(6)12-9(15)8-5-11-14-13-8/h5-7H,1-3H2,(H,12,15)(H,11,13,14). The van der Waals surface area contributed by atoms with Crippen molar-refractivity contribution in [3.05, 3.63) is 11.9 Å². The fourth-order valence-corrected chi connectivity index (χ4v) is 1.84. The van der Waals surface area contributed by atoms with Crippen LogP contribution in [0.25, 0.3) is 0 Å². The van der Waals surface area contributed by atoms with Crippen LogP contribution in [0.15, 0.2) is 6.20 Å². The highest BCUT2D eigenvalue weighted by Crippen LogP contribution is 2.24. The number of aromatic nitrogens is 3. The second-order valence-electron chi connectivity index (χ2n) is 3.60. The molecule has 0 spiro atoms. The zero-order valence-corrected chi connectivity index (χ0v) is 8.10. The molecule has 6 heteroatoms. The second kappa shape index (κ2) is 4.09. The minimum Gasteiger partial charge on any atom is -0.347 e. The summed E-state index contributed by atoms with van der Waals surface area (Å²) in [4.78, 5) is 11.6. The van der Waals surface area contributed by atoms with Crippen LogP contribution in [-0.2, 0) is 0 Å². The summed E-state index contributed by atoms with van der Waals surface area (Å²) in [6, 6.07) is 2.16. The lowest BCUT2D eigenvalue weighted by molar-refractivity contribution is 0.0927. The van der Waals surface area contributed by atoms with E-state index in [2.05, 4.69) is 26.8 Å². The molecule has 1 saturated carbocycles. The molecule has 0 bridgehead atoms. The van der Waals surface area contributed by atoms with E-state index in [1.165, 1.54) is 6.20 Å². The van der Waals surface area contributed by atoms with Crippen LogP contribution in [-0.4, -0.2) is 27.4 Å². The monoisotopic (exact) mass is 205 g/mol. The van der Waals surface area contributed by atoms with Gasteiger partial charge in [0.1, 0.15) is 0 Å². The average Bonchev–Trinajstić information content (AvgIpc) is 2.87. The van der Waals surface area contributed by atoms with Crippen LogP contribution in [0.1, 0.15) is 29.8 Å². The van der Waals surface area contributed by atoms with Gasteiger partial charge in [-0.2, -0.15) is 20.7 Å². The molecule has 2 rings (SSSR count). The zero-order chi connectivity index (χ0) is 10.7. The summed E-state index contributed by atoms with van der Waals surface area (Å²) >= 11 is 0. The number of hydrogen-bond donors (Lipinski definition) is 2.